The Bertz CT molecular complexity index is 606. The van der Waals surface area contributed by atoms with Crippen LogP contribution in [0.1, 0.15) is 32.3 Å². The van der Waals surface area contributed by atoms with Crippen LogP contribution in [-0.2, 0) is 0 Å². The largest absolute Gasteiger partial charge is 0.492 e. The van der Waals surface area contributed by atoms with E-state index in [1.54, 1.807) is 0 Å². The van der Waals surface area contributed by atoms with Gasteiger partial charge in [-0.2, -0.15) is 0 Å². The van der Waals surface area contributed by atoms with E-state index in [0.29, 0.717) is 23.3 Å². The molecule has 20 heavy (non-hydrogen) atoms. The zero-order valence-corrected chi connectivity index (χ0v) is 13.4. The van der Waals surface area contributed by atoms with Crippen LogP contribution >= 0.6 is 23.2 Å². The molecule has 0 spiro atoms. The third-order valence-corrected chi connectivity index (χ3v) is 3.71. The van der Waals surface area contributed by atoms with Gasteiger partial charge in [0, 0.05) is 5.02 Å². The molecule has 0 aliphatic rings. The SMILES string of the molecule is CCOc1ccc(-c2cc(Cl)ccc2C(C)C)cc1Cl. The summed E-state index contributed by atoms with van der Waals surface area (Å²) in [4.78, 5) is 0. The van der Waals surface area contributed by atoms with Crippen LogP contribution in [-0.4, -0.2) is 6.61 Å². The van der Waals surface area contributed by atoms with Crippen LogP contribution in [0.3, 0.4) is 0 Å². The molecule has 0 radical (unpaired) electrons. The van der Waals surface area contributed by atoms with Crippen LogP contribution in [0.2, 0.25) is 10.0 Å². The van der Waals surface area contributed by atoms with Crippen molar-refractivity contribution in [2.24, 2.45) is 0 Å². The van der Waals surface area contributed by atoms with Crippen LogP contribution < -0.4 is 4.74 Å². The highest BCUT2D eigenvalue weighted by molar-refractivity contribution is 6.32. The Balaban J connectivity index is 2.51. The number of ether oxygens (including phenoxy) is 1. The molecule has 0 amide bonds. The predicted molar refractivity (Wildman–Crippen MR) is 87.2 cm³/mol. The summed E-state index contributed by atoms with van der Waals surface area (Å²) in [5, 5.41) is 1.36. The first kappa shape index (κ1) is 15.2. The van der Waals surface area contributed by atoms with E-state index in [0.717, 1.165) is 16.1 Å². The highest BCUT2D eigenvalue weighted by atomic mass is 35.5. The Hall–Kier alpha value is -1.18. The van der Waals surface area contributed by atoms with Gasteiger partial charge in [-0.3, -0.25) is 0 Å². The Morgan fingerprint density at radius 2 is 1.80 bits per heavy atom. The minimum atomic E-state index is 0.424. The molecule has 2 aromatic carbocycles. The fourth-order valence-corrected chi connectivity index (χ4v) is 2.63. The molecule has 2 rings (SSSR count). The summed E-state index contributed by atoms with van der Waals surface area (Å²) < 4.78 is 5.47. The summed E-state index contributed by atoms with van der Waals surface area (Å²) >= 11 is 12.4. The van der Waals surface area contributed by atoms with E-state index in [1.165, 1.54) is 5.56 Å². The van der Waals surface area contributed by atoms with E-state index in [2.05, 4.69) is 19.9 Å². The molecule has 0 N–H and O–H groups in total. The number of hydrogen-bond donors (Lipinski definition) is 0. The van der Waals surface area contributed by atoms with Crippen molar-refractivity contribution >= 4 is 23.2 Å². The quantitative estimate of drug-likeness (QED) is 0.655. The van der Waals surface area contributed by atoms with Crippen LogP contribution in [0.5, 0.6) is 5.75 Å². The molecule has 2 aromatic rings. The van der Waals surface area contributed by atoms with E-state index in [1.807, 2.05) is 37.3 Å². The Morgan fingerprint density at radius 3 is 2.40 bits per heavy atom. The summed E-state index contributed by atoms with van der Waals surface area (Å²) in [6, 6.07) is 11.9. The molecule has 0 saturated carbocycles. The first-order valence-electron chi connectivity index (χ1n) is 6.75. The van der Waals surface area contributed by atoms with Crippen LogP contribution in [0, 0.1) is 0 Å². The van der Waals surface area contributed by atoms with Gasteiger partial charge in [-0.25, -0.2) is 0 Å². The molecule has 0 aromatic heterocycles. The van der Waals surface area contributed by atoms with Gasteiger partial charge in [0.25, 0.3) is 0 Å². The van der Waals surface area contributed by atoms with Gasteiger partial charge in [0.05, 0.1) is 11.6 Å². The summed E-state index contributed by atoms with van der Waals surface area (Å²) in [6.07, 6.45) is 0. The average molecular weight is 309 g/mol. The van der Waals surface area contributed by atoms with E-state index in [4.69, 9.17) is 27.9 Å². The Kier molecular flexibility index (Phi) is 4.95. The summed E-state index contributed by atoms with van der Waals surface area (Å²) in [7, 11) is 0. The molecule has 0 heterocycles. The second-order valence-corrected chi connectivity index (χ2v) is 5.81. The van der Waals surface area contributed by atoms with Crippen molar-refractivity contribution < 1.29 is 4.74 Å². The number of rotatable bonds is 4. The second-order valence-electron chi connectivity index (χ2n) is 4.96. The van der Waals surface area contributed by atoms with Crippen molar-refractivity contribution in [2.75, 3.05) is 6.61 Å². The molecular weight excluding hydrogens is 291 g/mol. The molecule has 0 aliphatic heterocycles. The molecule has 0 bridgehead atoms. The van der Waals surface area contributed by atoms with Crippen LogP contribution in [0.25, 0.3) is 11.1 Å². The summed E-state index contributed by atoms with van der Waals surface area (Å²) in [5.41, 5.74) is 3.44. The van der Waals surface area contributed by atoms with E-state index in [-0.39, 0.29) is 0 Å². The third kappa shape index (κ3) is 3.28. The van der Waals surface area contributed by atoms with Crippen molar-refractivity contribution in [3.05, 3.63) is 52.0 Å². The van der Waals surface area contributed by atoms with Crippen molar-refractivity contribution in [1.82, 2.24) is 0 Å². The van der Waals surface area contributed by atoms with Gasteiger partial charge < -0.3 is 4.74 Å². The van der Waals surface area contributed by atoms with E-state index in [9.17, 15) is 0 Å². The topological polar surface area (TPSA) is 9.23 Å². The van der Waals surface area contributed by atoms with Gasteiger partial charge in [-0.1, -0.05) is 49.2 Å². The first-order chi connectivity index (χ1) is 9.52. The van der Waals surface area contributed by atoms with Crippen molar-refractivity contribution in [3.63, 3.8) is 0 Å². The number of halogens is 2. The van der Waals surface area contributed by atoms with Crippen molar-refractivity contribution in [1.29, 1.82) is 0 Å². The van der Waals surface area contributed by atoms with E-state index < -0.39 is 0 Å². The van der Waals surface area contributed by atoms with Gasteiger partial charge in [0.2, 0.25) is 0 Å². The lowest BCUT2D eigenvalue weighted by atomic mass is 9.92. The molecule has 0 saturated heterocycles. The average Bonchev–Trinajstić information content (AvgIpc) is 2.40. The second kappa shape index (κ2) is 6.51. The monoisotopic (exact) mass is 308 g/mol. The Morgan fingerprint density at radius 1 is 1.05 bits per heavy atom. The van der Waals surface area contributed by atoms with Crippen molar-refractivity contribution in [3.8, 4) is 16.9 Å². The zero-order chi connectivity index (χ0) is 14.7. The normalized spacial score (nSPS) is 10.9. The molecule has 106 valence electrons. The van der Waals surface area contributed by atoms with Gasteiger partial charge in [-0.05, 0) is 53.8 Å². The van der Waals surface area contributed by atoms with Gasteiger partial charge in [-0.15, -0.1) is 0 Å². The first-order valence-corrected chi connectivity index (χ1v) is 7.50. The maximum absolute atomic E-state index is 6.27. The highest BCUT2D eigenvalue weighted by Crippen LogP contribution is 2.35. The predicted octanol–water partition coefficient (Wildman–Crippen LogP) is 6.18. The maximum Gasteiger partial charge on any atom is 0.137 e. The minimum Gasteiger partial charge on any atom is -0.492 e. The fourth-order valence-electron chi connectivity index (χ4n) is 2.22. The lowest BCUT2D eigenvalue weighted by molar-refractivity contribution is 0.340. The van der Waals surface area contributed by atoms with Gasteiger partial charge in [0.15, 0.2) is 0 Å². The smallest absolute Gasteiger partial charge is 0.137 e. The molecule has 0 aliphatic carbocycles. The molecule has 0 fully saturated rings. The van der Waals surface area contributed by atoms with Gasteiger partial charge in [0.1, 0.15) is 5.75 Å². The molecule has 0 atom stereocenters. The standard InChI is InChI=1S/C17H18Cl2O/c1-4-20-17-8-5-12(9-16(17)19)15-10-13(18)6-7-14(15)11(2)3/h5-11H,4H2,1-3H3. The van der Waals surface area contributed by atoms with Crippen LogP contribution in [0.15, 0.2) is 36.4 Å². The minimum absolute atomic E-state index is 0.424. The van der Waals surface area contributed by atoms with Crippen molar-refractivity contribution in [2.45, 2.75) is 26.7 Å². The number of benzene rings is 2. The Labute approximate surface area is 130 Å². The third-order valence-electron chi connectivity index (χ3n) is 3.18. The van der Waals surface area contributed by atoms with Gasteiger partial charge >= 0.3 is 0 Å². The number of hydrogen-bond acceptors (Lipinski definition) is 1. The summed E-state index contributed by atoms with van der Waals surface area (Å²) in [5.74, 6) is 1.14. The molecular formula is C17H18Cl2O. The highest BCUT2D eigenvalue weighted by Gasteiger charge is 2.11. The fraction of sp³-hybridized carbons (Fsp3) is 0.294. The zero-order valence-electron chi connectivity index (χ0n) is 11.9. The van der Waals surface area contributed by atoms with E-state index >= 15 is 0 Å². The summed E-state index contributed by atoms with van der Waals surface area (Å²) in [6.45, 7) is 6.89. The molecule has 3 heteroatoms. The molecule has 0 unspecified atom stereocenters. The molecule has 1 nitrogen and oxygen atoms in total. The maximum atomic E-state index is 6.27. The lowest BCUT2D eigenvalue weighted by Gasteiger charge is -2.15. The lowest BCUT2D eigenvalue weighted by Crippen LogP contribution is -1.94. The van der Waals surface area contributed by atoms with Crippen LogP contribution in [0.4, 0.5) is 0 Å².